The number of aryl methyl sites for hydroxylation is 1. The molecule has 0 aliphatic rings. The van der Waals surface area contributed by atoms with Crippen molar-refractivity contribution in [2.75, 3.05) is 0 Å². The van der Waals surface area contributed by atoms with Gasteiger partial charge in [0.15, 0.2) is 5.75 Å². The van der Waals surface area contributed by atoms with Gasteiger partial charge in [-0.05, 0) is 31.2 Å². The van der Waals surface area contributed by atoms with Crippen LogP contribution in [0.15, 0.2) is 56.5 Å². The normalized spacial score (nSPS) is 11.2. The van der Waals surface area contributed by atoms with Crippen molar-refractivity contribution in [2.24, 2.45) is 0 Å². The van der Waals surface area contributed by atoms with E-state index < -0.39 is 5.43 Å². The van der Waals surface area contributed by atoms with Crippen LogP contribution in [0.5, 0.6) is 5.75 Å². The lowest BCUT2D eigenvalue weighted by Gasteiger charge is -2.19. The number of furan rings is 1. The first kappa shape index (κ1) is 15.6. The van der Waals surface area contributed by atoms with Gasteiger partial charge < -0.3 is 13.9 Å². The van der Waals surface area contributed by atoms with Crippen molar-refractivity contribution >= 4 is 11.3 Å². The molecule has 3 heterocycles. The molecule has 0 fully saturated rings. The average molecular weight is 331 g/mol. The molecule has 0 bridgehead atoms. The lowest BCUT2D eigenvalue weighted by Crippen LogP contribution is -2.22. The minimum Gasteiger partial charge on any atom is -0.502 e. The highest BCUT2D eigenvalue weighted by atomic mass is 32.1. The molecule has 23 heavy (non-hydrogen) atoms. The van der Waals surface area contributed by atoms with E-state index in [-0.39, 0.29) is 5.75 Å². The first-order valence-corrected chi connectivity index (χ1v) is 8.02. The van der Waals surface area contributed by atoms with Gasteiger partial charge in [0.2, 0.25) is 5.43 Å². The van der Waals surface area contributed by atoms with Crippen LogP contribution in [0, 0.1) is 6.92 Å². The van der Waals surface area contributed by atoms with E-state index in [1.807, 2.05) is 12.1 Å². The summed E-state index contributed by atoms with van der Waals surface area (Å²) in [5.41, 5.74) is -0.434. The molecule has 5 nitrogen and oxygen atoms in total. The van der Waals surface area contributed by atoms with Crippen molar-refractivity contribution in [1.29, 1.82) is 0 Å². The fraction of sp³-hybridized carbons (Fsp3) is 0.235. The van der Waals surface area contributed by atoms with Gasteiger partial charge in [0.1, 0.15) is 17.8 Å². The molecule has 3 rings (SSSR count). The highest BCUT2D eigenvalue weighted by molar-refractivity contribution is 7.11. The minimum absolute atomic E-state index is 0.375. The number of nitrogens with zero attached hydrogens (tertiary/aromatic N) is 1. The highest BCUT2D eigenvalue weighted by Gasteiger charge is 2.13. The van der Waals surface area contributed by atoms with E-state index in [4.69, 9.17) is 8.83 Å². The van der Waals surface area contributed by atoms with Gasteiger partial charge in [-0.3, -0.25) is 9.69 Å². The van der Waals surface area contributed by atoms with Crippen LogP contribution < -0.4 is 5.43 Å². The number of aromatic hydroxyl groups is 1. The Morgan fingerprint density at radius 3 is 2.61 bits per heavy atom. The third-order valence-electron chi connectivity index (χ3n) is 3.38. The molecule has 1 N–H and O–H groups in total. The van der Waals surface area contributed by atoms with E-state index in [0.717, 1.165) is 18.6 Å². The Bertz CT molecular complexity index is 819. The zero-order chi connectivity index (χ0) is 16.2. The maximum absolute atomic E-state index is 11.6. The first-order chi connectivity index (χ1) is 11.1. The van der Waals surface area contributed by atoms with E-state index >= 15 is 0 Å². The summed E-state index contributed by atoms with van der Waals surface area (Å²) in [5, 5.41) is 9.29. The third kappa shape index (κ3) is 4.12. The molecular formula is C17H17NO4S. The van der Waals surface area contributed by atoms with Crippen molar-refractivity contribution in [2.45, 2.75) is 26.6 Å². The van der Waals surface area contributed by atoms with Crippen molar-refractivity contribution in [1.82, 2.24) is 4.90 Å². The third-order valence-corrected chi connectivity index (χ3v) is 4.37. The van der Waals surface area contributed by atoms with Gasteiger partial charge in [0.25, 0.3) is 0 Å². The molecule has 0 aliphatic heterocycles. The molecule has 0 unspecified atom stereocenters. The molecule has 0 radical (unpaired) electrons. The molecule has 0 spiro atoms. The zero-order valence-electron chi connectivity index (χ0n) is 12.7. The van der Waals surface area contributed by atoms with E-state index in [9.17, 15) is 9.90 Å². The Morgan fingerprint density at radius 2 is 1.96 bits per heavy atom. The largest absolute Gasteiger partial charge is 0.502 e. The number of hydrogen-bond acceptors (Lipinski definition) is 6. The van der Waals surface area contributed by atoms with Crippen LogP contribution >= 0.6 is 11.3 Å². The van der Waals surface area contributed by atoms with Crippen molar-refractivity contribution in [3.63, 3.8) is 0 Å². The number of thiophene rings is 1. The van der Waals surface area contributed by atoms with Crippen LogP contribution in [0.1, 0.15) is 21.3 Å². The van der Waals surface area contributed by atoms with E-state index in [1.54, 1.807) is 17.6 Å². The molecule has 0 atom stereocenters. The fourth-order valence-electron chi connectivity index (χ4n) is 2.33. The molecular weight excluding hydrogens is 314 g/mol. The summed E-state index contributed by atoms with van der Waals surface area (Å²) >= 11 is 1.74. The van der Waals surface area contributed by atoms with E-state index in [2.05, 4.69) is 24.0 Å². The Kier molecular flexibility index (Phi) is 4.64. The molecule has 0 amide bonds. The summed E-state index contributed by atoms with van der Waals surface area (Å²) in [6.07, 6.45) is 2.72. The highest BCUT2D eigenvalue weighted by Crippen LogP contribution is 2.20. The molecule has 0 aromatic carbocycles. The standard InChI is InChI=1S/C17H17NO4S/c1-12-4-5-15(23-12)10-18(8-13-3-2-6-21-13)9-14-7-16(19)17(20)11-22-14/h2-7,11,20H,8-10H2,1H3. The second kappa shape index (κ2) is 6.85. The van der Waals surface area contributed by atoms with Crippen molar-refractivity contribution < 1.29 is 13.9 Å². The Morgan fingerprint density at radius 1 is 1.13 bits per heavy atom. The molecule has 3 aromatic heterocycles. The van der Waals surface area contributed by atoms with Gasteiger partial charge in [-0.2, -0.15) is 0 Å². The van der Waals surface area contributed by atoms with Gasteiger partial charge in [-0.1, -0.05) is 0 Å². The maximum atomic E-state index is 11.6. The van der Waals surface area contributed by atoms with Crippen LogP contribution in [0.4, 0.5) is 0 Å². The van der Waals surface area contributed by atoms with E-state index in [1.165, 1.54) is 15.8 Å². The number of rotatable bonds is 6. The fourth-order valence-corrected chi connectivity index (χ4v) is 3.26. The van der Waals surface area contributed by atoms with Gasteiger partial charge in [-0.15, -0.1) is 11.3 Å². The molecule has 6 heteroatoms. The second-order valence-corrected chi connectivity index (χ2v) is 6.71. The molecule has 0 aliphatic carbocycles. The van der Waals surface area contributed by atoms with Gasteiger partial charge in [0, 0.05) is 22.4 Å². The summed E-state index contributed by atoms with van der Waals surface area (Å²) in [6, 6.07) is 9.28. The summed E-state index contributed by atoms with van der Waals surface area (Å²) in [6.45, 7) is 3.86. The average Bonchev–Trinajstić information content (AvgIpc) is 3.15. The molecule has 3 aromatic rings. The lowest BCUT2D eigenvalue weighted by atomic mass is 10.3. The molecule has 0 saturated heterocycles. The van der Waals surface area contributed by atoms with Crippen LogP contribution in [0.2, 0.25) is 0 Å². The summed E-state index contributed by atoms with van der Waals surface area (Å²) < 4.78 is 10.7. The Hall–Kier alpha value is -2.31. The van der Waals surface area contributed by atoms with Crippen molar-refractivity contribution in [3.8, 4) is 5.75 Å². The van der Waals surface area contributed by atoms with Gasteiger partial charge in [0.05, 0.1) is 19.4 Å². The second-order valence-electron chi connectivity index (χ2n) is 5.33. The van der Waals surface area contributed by atoms with Crippen LogP contribution in [0.3, 0.4) is 0 Å². The first-order valence-electron chi connectivity index (χ1n) is 7.21. The van der Waals surface area contributed by atoms with Crippen molar-refractivity contribution in [3.05, 3.63) is 74.4 Å². The quantitative estimate of drug-likeness (QED) is 0.749. The Balaban J connectivity index is 1.78. The SMILES string of the molecule is Cc1ccc(CN(Cc2ccco2)Cc2cc(=O)c(O)co2)s1. The minimum atomic E-state index is -0.434. The lowest BCUT2D eigenvalue weighted by molar-refractivity contribution is 0.208. The smallest absolute Gasteiger partial charge is 0.226 e. The predicted octanol–water partition coefficient (Wildman–Crippen LogP) is 3.51. The predicted molar refractivity (Wildman–Crippen MR) is 87.4 cm³/mol. The van der Waals surface area contributed by atoms with Crippen LogP contribution in [-0.2, 0) is 19.6 Å². The topological polar surface area (TPSA) is 66.8 Å². The summed E-state index contributed by atoms with van der Waals surface area (Å²) in [5.74, 6) is 0.979. The zero-order valence-corrected chi connectivity index (χ0v) is 13.5. The summed E-state index contributed by atoms with van der Waals surface area (Å²) in [4.78, 5) is 16.2. The maximum Gasteiger partial charge on any atom is 0.226 e. The molecule has 120 valence electrons. The van der Waals surface area contributed by atoms with Gasteiger partial charge >= 0.3 is 0 Å². The molecule has 0 saturated carbocycles. The number of hydrogen-bond donors (Lipinski definition) is 1. The van der Waals surface area contributed by atoms with E-state index in [0.29, 0.717) is 18.8 Å². The van der Waals surface area contributed by atoms with Gasteiger partial charge in [-0.25, -0.2) is 0 Å². The summed E-state index contributed by atoms with van der Waals surface area (Å²) in [7, 11) is 0. The Labute approximate surface area is 137 Å². The monoisotopic (exact) mass is 331 g/mol. The van der Waals surface area contributed by atoms with Crippen LogP contribution in [-0.4, -0.2) is 10.0 Å². The van der Waals surface area contributed by atoms with Crippen LogP contribution in [0.25, 0.3) is 0 Å².